The van der Waals surface area contributed by atoms with E-state index in [0.29, 0.717) is 5.69 Å². The van der Waals surface area contributed by atoms with Crippen molar-refractivity contribution in [1.82, 2.24) is 9.55 Å². The van der Waals surface area contributed by atoms with Gasteiger partial charge in [0.25, 0.3) is 0 Å². The van der Waals surface area contributed by atoms with Crippen molar-refractivity contribution in [2.24, 2.45) is 7.05 Å². The number of rotatable bonds is 3. The summed E-state index contributed by atoms with van der Waals surface area (Å²) in [5.74, 6) is -0.176. The topological polar surface area (TPSA) is 70.2 Å². The number of hydrogen-bond acceptors (Lipinski definition) is 4. The lowest BCUT2D eigenvalue weighted by molar-refractivity contribution is -0.396. The average molecular weight is 199 g/mol. The second-order valence-corrected chi connectivity index (χ2v) is 3.47. The summed E-state index contributed by atoms with van der Waals surface area (Å²) in [7, 11) is 3.15. The molecule has 6 heteroatoms. The van der Waals surface area contributed by atoms with E-state index in [4.69, 9.17) is 4.74 Å². The number of nitro groups is 1. The summed E-state index contributed by atoms with van der Waals surface area (Å²) < 4.78 is 6.63. The summed E-state index contributed by atoms with van der Waals surface area (Å²) in [5.41, 5.74) is 0.0995. The zero-order valence-electron chi connectivity index (χ0n) is 8.64. The number of nitrogens with zero attached hydrogens (tertiary/aromatic N) is 3. The summed E-state index contributed by atoms with van der Waals surface area (Å²) >= 11 is 0. The van der Waals surface area contributed by atoms with E-state index in [-0.39, 0.29) is 5.95 Å². The van der Waals surface area contributed by atoms with Crippen LogP contribution in [0, 0.1) is 10.1 Å². The predicted octanol–water partition coefficient (Wildman–Crippen LogP) is 1.21. The fraction of sp³-hybridized carbons (Fsp3) is 0.625. The van der Waals surface area contributed by atoms with Gasteiger partial charge in [-0.3, -0.25) is 0 Å². The third kappa shape index (κ3) is 1.60. The molecule has 0 bridgehead atoms. The van der Waals surface area contributed by atoms with Crippen molar-refractivity contribution in [2.75, 3.05) is 7.11 Å². The van der Waals surface area contributed by atoms with Crippen LogP contribution in [0.25, 0.3) is 0 Å². The van der Waals surface area contributed by atoms with E-state index in [1.54, 1.807) is 14.2 Å². The molecule has 0 N–H and O–H groups in total. The van der Waals surface area contributed by atoms with Crippen LogP contribution < -0.4 is 0 Å². The van der Waals surface area contributed by atoms with Crippen LogP contribution in [0.2, 0.25) is 0 Å². The molecular formula is C8H13N3O3. The predicted molar refractivity (Wildman–Crippen MR) is 49.9 cm³/mol. The Morgan fingerprint density at radius 3 is 2.57 bits per heavy atom. The third-order valence-corrected chi connectivity index (χ3v) is 2.25. The zero-order valence-corrected chi connectivity index (χ0v) is 8.64. The van der Waals surface area contributed by atoms with Crippen LogP contribution in [0.4, 0.5) is 5.95 Å². The van der Waals surface area contributed by atoms with Gasteiger partial charge in [0.05, 0.1) is 7.05 Å². The lowest BCUT2D eigenvalue weighted by Gasteiger charge is -2.20. The highest BCUT2D eigenvalue weighted by molar-refractivity contribution is 5.19. The first-order valence-corrected chi connectivity index (χ1v) is 4.12. The maximum absolute atomic E-state index is 10.5. The van der Waals surface area contributed by atoms with E-state index in [1.165, 1.54) is 10.8 Å². The Labute approximate surface area is 81.7 Å². The van der Waals surface area contributed by atoms with E-state index < -0.39 is 10.5 Å². The molecule has 0 radical (unpaired) electrons. The minimum absolute atomic E-state index is 0.176. The Morgan fingerprint density at radius 2 is 2.21 bits per heavy atom. The summed E-state index contributed by atoms with van der Waals surface area (Å²) in [5, 5.41) is 10.5. The molecule has 0 fully saturated rings. The first kappa shape index (κ1) is 10.6. The number of imidazole rings is 1. The van der Waals surface area contributed by atoms with Crippen molar-refractivity contribution in [1.29, 1.82) is 0 Å². The third-order valence-electron chi connectivity index (χ3n) is 2.25. The van der Waals surface area contributed by atoms with Crippen LogP contribution >= 0.6 is 0 Å². The van der Waals surface area contributed by atoms with Gasteiger partial charge in [-0.15, -0.1) is 0 Å². The van der Waals surface area contributed by atoms with Crippen LogP contribution in [0.1, 0.15) is 19.5 Å². The average Bonchev–Trinajstić information content (AvgIpc) is 2.47. The van der Waals surface area contributed by atoms with Crippen molar-refractivity contribution in [2.45, 2.75) is 19.4 Å². The first-order valence-electron chi connectivity index (χ1n) is 4.12. The number of aromatic nitrogens is 2. The van der Waals surface area contributed by atoms with E-state index >= 15 is 0 Å². The highest BCUT2D eigenvalue weighted by Gasteiger charge is 2.30. The smallest absolute Gasteiger partial charge is 0.390 e. The van der Waals surface area contributed by atoms with Gasteiger partial charge in [-0.2, -0.15) is 0 Å². The summed E-state index contributed by atoms with van der Waals surface area (Å²) in [6, 6.07) is 0. The van der Waals surface area contributed by atoms with Crippen molar-refractivity contribution in [3.05, 3.63) is 22.0 Å². The van der Waals surface area contributed by atoms with Gasteiger partial charge in [0.2, 0.25) is 0 Å². The van der Waals surface area contributed by atoms with E-state index in [9.17, 15) is 10.1 Å². The van der Waals surface area contributed by atoms with E-state index in [0.717, 1.165) is 0 Å². The fourth-order valence-electron chi connectivity index (χ4n) is 1.23. The molecule has 0 spiro atoms. The maximum Gasteiger partial charge on any atom is 0.434 e. The first-order chi connectivity index (χ1) is 6.40. The molecule has 1 rings (SSSR count). The molecule has 0 aliphatic rings. The lowest BCUT2D eigenvalue weighted by atomic mass is 10.1. The summed E-state index contributed by atoms with van der Waals surface area (Å²) in [6.07, 6.45) is 1.46. The molecule has 0 amide bonds. The molecule has 0 unspecified atom stereocenters. The van der Waals surface area contributed by atoms with Gasteiger partial charge in [0.1, 0.15) is 17.5 Å². The monoisotopic (exact) mass is 199 g/mol. The van der Waals surface area contributed by atoms with Gasteiger partial charge in [0.15, 0.2) is 0 Å². The molecule has 78 valence electrons. The maximum atomic E-state index is 10.5. The highest BCUT2D eigenvalue weighted by Crippen LogP contribution is 2.25. The van der Waals surface area contributed by atoms with Crippen molar-refractivity contribution in [3.63, 3.8) is 0 Å². The quantitative estimate of drug-likeness (QED) is 0.542. The summed E-state index contributed by atoms with van der Waals surface area (Å²) in [4.78, 5) is 13.7. The zero-order chi connectivity index (χ0) is 10.9. The SMILES string of the molecule is COC(C)(C)c1cnc([N+](=O)[O-])n1C. The number of methoxy groups -OCH3 is 1. The molecule has 0 aliphatic heterocycles. The van der Waals surface area contributed by atoms with Crippen LogP contribution in [-0.2, 0) is 17.4 Å². The second-order valence-electron chi connectivity index (χ2n) is 3.47. The molecule has 0 saturated carbocycles. The van der Waals surface area contributed by atoms with Gasteiger partial charge < -0.3 is 14.9 Å². The Balaban J connectivity index is 3.19. The number of ether oxygens (including phenoxy) is 1. The van der Waals surface area contributed by atoms with Crippen LogP contribution in [0.3, 0.4) is 0 Å². The Hall–Kier alpha value is -1.43. The molecule has 1 aromatic rings. The van der Waals surface area contributed by atoms with Crippen molar-refractivity contribution < 1.29 is 9.66 Å². The number of hydrogen-bond donors (Lipinski definition) is 0. The summed E-state index contributed by atoms with van der Waals surface area (Å²) in [6.45, 7) is 3.65. The van der Waals surface area contributed by atoms with E-state index in [2.05, 4.69) is 4.98 Å². The Morgan fingerprint density at radius 1 is 1.64 bits per heavy atom. The van der Waals surface area contributed by atoms with Gasteiger partial charge in [0, 0.05) is 7.11 Å². The molecule has 1 heterocycles. The van der Waals surface area contributed by atoms with Crippen molar-refractivity contribution in [3.8, 4) is 0 Å². The molecule has 0 aromatic carbocycles. The Bertz CT molecular complexity index is 357. The van der Waals surface area contributed by atoms with Crippen molar-refractivity contribution >= 4 is 5.95 Å². The van der Waals surface area contributed by atoms with E-state index in [1.807, 2.05) is 13.8 Å². The van der Waals surface area contributed by atoms with Gasteiger partial charge in [-0.25, -0.2) is 4.57 Å². The van der Waals surface area contributed by atoms with Crippen LogP contribution in [-0.4, -0.2) is 21.6 Å². The van der Waals surface area contributed by atoms with Crippen LogP contribution in [0.15, 0.2) is 6.20 Å². The molecule has 14 heavy (non-hydrogen) atoms. The minimum Gasteiger partial charge on any atom is -0.390 e. The highest BCUT2D eigenvalue weighted by atomic mass is 16.6. The van der Waals surface area contributed by atoms with Gasteiger partial charge >= 0.3 is 5.95 Å². The molecule has 6 nitrogen and oxygen atoms in total. The minimum atomic E-state index is -0.573. The molecule has 1 aromatic heterocycles. The molecule has 0 saturated heterocycles. The van der Waals surface area contributed by atoms with Crippen LogP contribution in [0.5, 0.6) is 0 Å². The van der Waals surface area contributed by atoms with Gasteiger partial charge in [-0.1, -0.05) is 4.98 Å². The lowest BCUT2D eigenvalue weighted by Crippen LogP contribution is -2.23. The Kier molecular flexibility index (Phi) is 2.57. The second kappa shape index (κ2) is 3.38. The standard InChI is InChI=1S/C8H13N3O3/c1-8(2,14-4)6-5-9-7(10(6)3)11(12)13/h5H,1-4H3. The van der Waals surface area contributed by atoms with Gasteiger partial charge in [-0.05, 0) is 18.8 Å². The molecule has 0 atom stereocenters. The molecular weight excluding hydrogens is 186 g/mol. The normalized spacial score (nSPS) is 11.7. The molecule has 0 aliphatic carbocycles. The fourth-order valence-corrected chi connectivity index (χ4v) is 1.23. The largest absolute Gasteiger partial charge is 0.434 e.